The second-order valence-electron chi connectivity index (χ2n) is 30.9. The van der Waals surface area contributed by atoms with Gasteiger partial charge in [-0.3, -0.25) is 38.4 Å². The van der Waals surface area contributed by atoms with Crippen LogP contribution in [0.3, 0.4) is 0 Å². The molecule has 20 nitrogen and oxygen atoms in total. The summed E-state index contributed by atoms with van der Waals surface area (Å²) < 4.78 is 77.2. The highest BCUT2D eigenvalue weighted by molar-refractivity contribution is 5.80. The van der Waals surface area contributed by atoms with E-state index in [0.29, 0.717) is 71.7 Å². The maximum Gasteiger partial charge on any atom is 0.308 e. The van der Waals surface area contributed by atoms with Crippen molar-refractivity contribution in [1.29, 1.82) is 0 Å². The van der Waals surface area contributed by atoms with Gasteiger partial charge in [0.25, 0.3) is 0 Å². The fraction of sp³-hybridized carbons (Fsp3) is 0.440. The summed E-state index contributed by atoms with van der Waals surface area (Å²) in [6.45, 7) is 20.2. The molecule has 0 unspecified atom stereocenters. The van der Waals surface area contributed by atoms with Gasteiger partial charge in [-0.25, -0.2) is 0 Å². The molecule has 120 heavy (non-hydrogen) atoms. The first-order valence-electron chi connectivity index (χ1n) is 43.1. The summed E-state index contributed by atoms with van der Waals surface area (Å²) in [4.78, 5) is 113. The molecule has 0 aromatic heterocycles. The van der Waals surface area contributed by atoms with E-state index in [4.69, 9.17) is 56.8 Å². The smallest absolute Gasteiger partial charge is 0.308 e. The van der Waals surface area contributed by atoms with Crippen molar-refractivity contribution in [3.8, 4) is 69.0 Å². The zero-order valence-electron chi connectivity index (χ0n) is 72.1. The molecule has 1 aliphatic rings. The number of fused-ring (bicyclic) bond motifs is 8. The number of hydrogen-bond donors (Lipinski definition) is 0. The molecule has 8 bridgehead atoms. The lowest BCUT2D eigenvalue weighted by Gasteiger charge is -2.32. The van der Waals surface area contributed by atoms with Crippen molar-refractivity contribution in [3.63, 3.8) is 0 Å². The average molecular weight is 1640 g/mol. The molecule has 20 heteroatoms. The van der Waals surface area contributed by atoms with Gasteiger partial charge in [-0.05, 0) is 121 Å². The summed E-state index contributed by atoms with van der Waals surface area (Å²) in [6.07, 6.45) is 24.8. The van der Waals surface area contributed by atoms with Crippen LogP contribution in [0.1, 0.15) is 328 Å². The fourth-order valence-electron chi connectivity index (χ4n) is 15.6. The summed E-state index contributed by atoms with van der Waals surface area (Å²) >= 11 is 0. The molecule has 0 N–H and O–H groups in total. The van der Waals surface area contributed by atoms with E-state index < -0.39 is 71.4 Å². The van der Waals surface area contributed by atoms with Crippen LogP contribution in [-0.2, 0) is 38.4 Å². The summed E-state index contributed by atoms with van der Waals surface area (Å²) in [5.74, 6) is -10.2. The van der Waals surface area contributed by atoms with Crippen LogP contribution in [0.5, 0.6) is 69.0 Å². The van der Waals surface area contributed by atoms with E-state index in [9.17, 15) is 38.4 Å². The third kappa shape index (κ3) is 27.4. The minimum Gasteiger partial charge on any atom is -0.494 e. The normalized spacial score (nSPS) is 14.0. The van der Waals surface area contributed by atoms with Crippen LogP contribution in [0, 0.1) is 0 Å². The van der Waals surface area contributed by atoms with Crippen molar-refractivity contribution in [1.82, 2.24) is 0 Å². The zero-order chi connectivity index (χ0) is 86.0. The van der Waals surface area contributed by atoms with Gasteiger partial charge in [-0.15, -0.1) is 0 Å². The average Bonchev–Trinajstić information content (AvgIpc) is 0.734. The van der Waals surface area contributed by atoms with Crippen molar-refractivity contribution in [2.45, 2.75) is 261 Å². The lowest BCUT2D eigenvalue weighted by molar-refractivity contribution is -0.133. The Hall–Kier alpha value is -11.3. The Balaban J connectivity index is 1.52. The van der Waals surface area contributed by atoms with Gasteiger partial charge in [0.1, 0.15) is 69.0 Å². The number of esters is 8. The number of ether oxygens (including phenoxy) is 12. The Labute approximate surface area is 707 Å². The molecule has 0 radical (unpaired) electrons. The Morgan fingerprint density at radius 2 is 0.342 bits per heavy atom. The molecule has 0 saturated carbocycles. The van der Waals surface area contributed by atoms with Crippen LogP contribution in [0.4, 0.5) is 0 Å². The molecule has 8 aromatic carbocycles. The molecule has 0 saturated heterocycles. The first-order valence-corrected chi connectivity index (χ1v) is 43.1. The van der Waals surface area contributed by atoms with Gasteiger partial charge in [0, 0.05) is 148 Å². The predicted molar refractivity (Wildman–Crippen MR) is 461 cm³/mol. The van der Waals surface area contributed by atoms with Crippen molar-refractivity contribution in [2.75, 3.05) is 26.4 Å². The van der Waals surface area contributed by atoms with Crippen LogP contribution in [0.2, 0.25) is 0 Å². The second kappa shape index (κ2) is 47.5. The third-order valence-electron chi connectivity index (χ3n) is 21.0. The number of carbonyl (C=O) groups is 8. The van der Waals surface area contributed by atoms with E-state index in [1.165, 1.54) is 79.7 Å². The van der Waals surface area contributed by atoms with E-state index in [0.717, 1.165) is 154 Å². The minimum absolute atomic E-state index is 0.130. The van der Waals surface area contributed by atoms with Crippen molar-refractivity contribution in [3.05, 3.63) is 212 Å². The topological polar surface area (TPSA) is 247 Å². The standard InChI is InChI=1S/C100H120O20/c1-13-17-21-25-29-33-53-109-77-45-37-73(38-46-77)97-81-57-83(91(115-67(7)103)61-89(81)113-65(5)101)98(74-39-47-78(48-40-74)110-54-34-30-26-22-18-14-2)85-59-87(95(119-71(11)107)63-93(85)117-69(9)105)100(76-43-51-80(52-44-76)112-56-36-32-28-24-20-16-4)88-60-86(94(118-70(10)106)64-96(88)120-72(12)108)99(75-41-49-79(50-42-75)111-55-35-31-27-23-19-15-3)84-58-82(97)90(114-66(6)102)62-92(84)116-68(8)104/h37-52,57-64,97-100H,13-36,53-56H2,1-12H3. The molecule has 0 spiro atoms. The Morgan fingerprint density at radius 3 is 0.483 bits per heavy atom. The summed E-state index contributed by atoms with van der Waals surface area (Å²) in [7, 11) is 0. The van der Waals surface area contributed by atoms with Crippen LogP contribution in [0.25, 0.3) is 0 Å². The maximum atomic E-state index is 14.2. The third-order valence-corrected chi connectivity index (χ3v) is 21.0. The van der Waals surface area contributed by atoms with Gasteiger partial charge in [0.05, 0.1) is 26.4 Å². The van der Waals surface area contributed by atoms with E-state index in [1.54, 1.807) is 24.3 Å². The maximum absolute atomic E-state index is 14.2. The minimum atomic E-state index is -1.26. The monoisotopic (exact) mass is 1640 g/mol. The number of rotatable bonds is 44. The molecular formula is C100H120O20. The molecule has 640 valence electrons. The summed E-state index contributed by atoms with van der Waals surface area (Å²) in [5.41, 5.74) is 3.54. The predicted octanol–water partition coefficient (Wildman–Crippen LogP) is 23.1. The number of carbonyl (C=O) groups excluding carboxylic acids is 8. The largest absolute Gasteiger partial charge is 0.494 e. The van der Waals surface area contributed by atoms with Crippen LogP contribution in [0.15, 0.2) is 146 Å². The molecule has 0 amide bonds. The molecule has 8 aromatic rings. The Morgan fingerprint density at radius 1 is 0.200 bits per heavy atom. The number of hydrogen-bond acceptors (Lipinski definition) is 20. The molecule has 0 atom stereocenters. The van der Waals surface area contributed by atoms with Gasteiger partial charge < -0.3 is 56.8 Å². The van der Waals surface area contributed by atoms with Crippen LogP contribution < -0.4 is 56.8 Å². The van der Waals surface area contributed by atoms with Gasteiger partial charge in [-0.2, -0.15) is 0 Å². The zero-order valence-corrected chi connectivity index (χ0v) is 72.1. The molecule has 0 heterocycles. The molecule has 0 aliphatic heterocycles. The van der Waals surface area contributed by atoms with Crippen LogP contribution >= 0.6 is 0 Å². The highest BCUT2D eigenvalue weighted by atomic mass is 16.6. The van der Waals surface area contributed by atoms with E-state index >= 15 is 0 Å². The van der Waals surface area contributed by atoms with Crippen LogP contribution in [-0.4, -0.2) is 74.2 Å². The van der Waals surface area contributed by atoms with Crippen molar-refractivity contribution < 1.29 is 95.2 Å². The van der Waals surface area contributed by atoms with Crippen molar-refractivity contribution in [2.24, 2.45) is 0 Å². The molecule has 0 fully saturated rings. The van der Waals surface area contributed by atoms with Gasteiger partial charge >= 0.3 is 47.8 Å². The Bertz CT molecular complexity index is 3980. The van der Waals surface area contributed by atoms with E-state index in [2.05, 4.69) is 27.7 Å². The second-order valence-corrected chi connectivity index (χ2v) is 30.9. The highest BCUT2D eigenvalue weighted by Crippen LogP contribution is 2.56. The Kier molecular flexibility index (Phi) is 36.7. The summed E-state index contributed by atoms with van der Waals surface area (Å²) in [5, 5.41) is 0. The lowest BCUT2D eigenvalue weighted by Crippen LogP contribution is -2.19. The number of benzene rings is 8. The number of unbranched alkanes of at least 4 members (excludes halogenated alkanes) is 20. The van der Waals surface area contributed by atoms with Gasteiger partial charge in [0.15, 0.2) is 0 Å². The van der Waals surface area contributed by atoms with Gasteiger partial charge in [0.2, 0.25) is 0 Å². The van der Waals surface area contributed by atoms with E-state index in [-0.39, 0.29) is 90.5 Å². The first kappa shape index (κ1) is 92.6. The van der Waals surface area contributed by atoms with Crippen molar-refractivity contribution >= 4 is 47.8 Å². The molecule has 1 aliphatic carbocycles. The lowest BCUT2D eigenvalue weighted by atomic mass is 9.75. The summed E-state index contributed by atoms with van der Waals surface area (Å²) in [6, 6.07) is 41.8. The highest BCUT2D eigenvalue weighted by Gasteiger charge is 2.39. The molecule has 9 rings (SSSR count). The first-order chi connectivity index (χ1) is 58.0. The SMILES string of the molecule is CCCCCCCCOc1ccc(C2c3cc(c(OC(C)=O)cc3OC(C)=O)C(c3ccc(OCCCCCCCC)cc3)c3cc(c(OC(C)=O)cc3OC(C)=O)C(c3ccc(OCCCCCCCC)cc3)c3cc(c(OC(C)=O)cc3OC(C)=O)C(c3ccc(OCCCCCCCC)cc3)c3cc2c(OC(C)=O)cc3OC(C)=O)cc1. The molecular weight excluding hydrogens is 1520 g/mol. The van der Waals surface area contributed by atoms with E-state index in [1.807, 2.05) is 97.1 Å². The van der Waals surface area contributed by atoms with Gasteiger partial charge in [-0.1, -0.05) is 205 Å². The quantitative estimate of drug-likeness (QED) is 0.0196. The fourth-order valence-corrected chi connectivity index (χ4v) is 15.6.